The van der Waals surface area contributed by atoms with Crippen molar-refractivity contribution in [3.8, 4) is 0 Å². The summed E-state index contributed by atoms with van der Waals surface area (Å²) in [6.07, 6.45) is 5.48. The first kappa shape index (κ1) is 20.6. The minimum absolute atomic E-state index is 0.223. The van der Waals surface area contributed by atoms with Gasteiger partial charge in [-0.1, -0.05) is 13.3 Å². The quantitative estimate of drug-likeness (QED) is 0.424. The molecule has 1 aliphatic rings. The van der Waals surface area contributed by atoms with Crippen molar-refractivity contribution in [2.75, 3.05) is 26.3 Å². The van der Waals surface area contributed by atoms with Crippen LogP contribution in [0.2, 0.25) is 0 Å². The molecule has 26 heavy (non-hydrogen) atoms. The van der Waals surface area contributed by atoms with E-state index in [-0.39, 0.29) is 12.7 Å². The Hall–Kier alpha value is -1.67. The molecule has 2 unspecified atom stereocenters. The fourth-order valence-corrected chi connectivity index (χ4v) is 3.11. The minimum Gasteiger partial charge on any atom is -0.396 e. The summed E-state index contributed by atoms with van der Waals surface area (Å²) in [5.41, 5.74) is 0. The van der Waals surface area contributed by atoms with Gasteiger partial charge in [0, 0.05) is 33.4 Å². The maximum absolute atomic E-state index is 9.25. The number of aliphatic hydroxyl groups is 1. The molecular formula is C18H34N6O2. The first-order valence-corrected chi connectivity index (χ1v) is 9.73. The smallest absolute Gasteiger partial charge is 0.191 e. The maximum Gasteiger partial charge on any atom is 0.191 e. The van der Waals surface area contributed by atoms with Crippen LogP contribution >= 0.6 is 0 Å². The van der Waals surface area contributed by atoms with Gasteiger partial charge in [0.15, 0.2) is 11.8 Å². The number of aliphatic hydroxyl groups excluding tert-OH is 1. The number of aromatic nitrogens is 3. The molecule has 0 aliphatic carbocycles. The van der Waals surface area contributed by atoms with Gasteiger partial charge in [0.1, 0.15) is 12.4 Å². The number of rotatable bonds is 10. The number of hydrogen-bond donors (Lipinski definition) is 3. The molecule has 0 radical (unpaired) electrons. The average Bonchev–Trinajstić information content (AvgIpc) is 3.26. The molecular weight excluding hydrogens is 332 g/mol. The summed E-state index contributed by atoms with van der Waals surface area (Å²) < 4.78 is 7.64. The van der Waals surface area contributed by atoms with Crippen molar-refractivity contribution in [2.24, 2.45) is 18.0 Å². The molecule has 1 saturated heterocycles. The molecule has 0 amide bonds. The third-order valence-corrected chi connectivity index (χ3v) is 4.87. The number of ether oxygens (including phenoxy) is 1. The lowest BCUT2D eigenvalue weighted by molar-refractivity contribution is 0.113. The highest BCUT2D eigenvalue weighted by atomic mass is 16.5. The topological polar surface area (TPSA) is 96.6 Å². The van der Waals surface area contributed by atoms with Crippen molar-refractivity contribution >= 4 is 5.96 Å². The Kier molecular flexibility index (Phi) is 8.84. The summed E-state index contributed by atoms with van der Waals surface area (Å²) in [6.45, 7) is 7.19. The molecule has 8 nitrogen and oxygen atoms in total. The predicted octanol–water partition coefficient (Wildman–Crippen LogP) is 1.14. The van der Waals surface area contributed by atoms with Gasteiger partial charge < -0.3 is 25.0 Å². The van der Waals surface area contributed by atoms with E-state index in [0.717, 1.165) is 69.4 Å². The highest BCUT2D eigenvalue weighted by Gasteiger charge is 2.16. The van der Waals surface area contributed by atoms with Crippen LogP contribution in [-0.2, 0) is 18.3 Å². The second-order valence-corrected chi connectivity index (χ2v) is 6.95. The normalized spacial score (nSPS) is 18.9. The second kappa shape index (κ2) is 11.1. The SMILES string of the molecule is CCCC(CCO)CNC(=NCc1nnc(C)n1C)NCC1CCCO1. The number of aryl methyl sites for hydroxylation is 1. The van der Waals surface area contributed by atoms with E-state index in [1.807, 2.05) is 18.5 Å². The summed E-state index contributed by atoms with van der Waals surface area (Å²) in [5, 5.41) is 24.3. The van der Waals surface area contributed by atoms with E-state index in [4.69, 9.17) is 4.74 Å². The van der Waals surface area contributed by atoms with Crippen LogP contribution in [0, 0.1) is 12.8 Å². The Labute approximate surface area is 156 Å². The molecule has 0 saturated carbocycles. The van der Waals surface area contributed by atoms with Gasteiger partial charge in [-0.3, -0.25) is 0 Å². The van der Waals surface area contributed by atoms with Crippen molar-refractivity contribution in [2.45, 2.75) is 58.6 Å². The van der Waals surface area contributed by atoms with Crippen LogP contribution in [0.25, 0.3) is 0 Å². The molecule has 0 bridgehead atoms. The van der Waals surface area contributed by atoms with E-state index in [9.17, 15) is 5.11 Å². The third kappa shape index (κ3) is 6.57. The largest absolute Gasteiger partial charge is 0.396 e. The van der Waals surface area contributed by atoms with Crippen LogP contribution in [0.15, 0.2) is 4.99 Å². The Morgan fingerprint density at radius 1 is 1.38 bits per heavy atom. The zero-order valence-corrected chi connectivity index (χ0v) is 16.4. The van der Waals surface area contributed by atoms with Gasteiger partial charge in [0.25, 0.3) is 0 Å². The van der Waals surface area contributed by atoms with E-state index in [1.165, 1.54) is 0 Å². The van der Waals surface area contributed by atoms with E-state index >= 15 is 0 Å². The zero-order chi connectivity index (χ0) is 18.8. The van der Waals surface area contributed by atoms with Crippen molar-refractivity contribution in [3.05, 3.63) is 11.6 Å². The van der Waals surface area contributed by atoms with Gasteiger partial charge in [-0.15, -0.1) is 10.2 Å². The molecule has 0 aromatic carbocycles. The molecule has 1 fully saturated rings. The molecule has 8 heteroatoms. The van der Waals surface area contributed by atoms with Gasteiger partial charge >= 0.3 is 0 Å². The number of nitrogens with zero attached hydrogens (tertiary/aromatic N) is 4. The summed E-state index contributed by atoms with van der Waals surface area (Å²) in [5.74, 6) is 2.92. The first-order valence-electron chi connectivity index (χ1n) is 9.73. The van der Waals surface area contributed by atoms with Gasteiger partial charge in [-0.25, -0.2) is 4.99 Å². The molecule has 2 heterocycles. The first-order chi connectivity index (χ1) is 12.6. The molecule has 2 atom stereocenters. The van der Waals surface area contributed by atoms with Crippen LogP contribution < -0.4 is 10.6 Å². The van der Waals surface area contributed by atoms with E-state index in [1.54, 1.807) is 0 Å². The molecule has 1 aromatic rings. The molecule has 0 spiro atoms. The monoisotopic (exact) mass is 366 g/mol. The highest BCUT2D eigenvalue weighted by molar-refractivity contribution is 5.79. The lowest BCUT2D eigenvalue weighted by atomic mass is 10.0. The van der Waals surface area contributed by atoms with Gasteiger partial charge in [-0.2, -0.15) is 0 Å². The lowest BCUT2D eigenvalue weighted by Gasteiger charge is -2.19. The van der Waals surface area contributed by atoms with Crippen LogP contribution in [0.3, 0.4) is 0 Å². The fourth-order valence-electron chi connectivity index (χ4n) is 3.11. The third-order valence-electron chi connectivity index (χ3n) is 4.87. The molecule has 2 rings (SSSR count). The zero-order valence-electron chi connectivity index (χ0n) is 16.4. The van der Waals surface area contributed by atoms with Crippen molar-refractivity contribution in [3.63, 3.8) is 0 Å². The molecule has 1 aromatic heterocycles. The van der Waals surface area contributed by atoms with E-state index in [2.05, 4.69) is 32.7 Å². The van der Waals surface area contributed by atoms with Crippen molar-refractivity contribution in [1.82, 2.24) is 25.4 Å². The van der Waals surface area contributed by atoms with Gasteiger partial charge in [0.2, 0.25) is 0 Å². The highest BCUT2D eigenvalue weighted by Crippen LogP contribution is 2.11. The van der Waals surface area contributed by atoms with Gasteiger partial charge in [-0.05, 0) is 38.5 Å². The summed E-state index contributed by atoms with van der Waals surface area (Å²) in [7, 11) is 1.95. The maximum atomic E-state index is 9.25. The average molecular weight is 367 g/mol. The minimum atomic E-state index is 0.223. The Balaban J connectivity index is 1.94. The molecule has 148 valence electrons. The molecule has 3 N–H and O–H groups in total. The van der Waals surface area contributed by atoms with Gasteiger partial charge in [0.05, 0.1) is 6.10 Å². The number of guanidine groups is 1. The van der Waals surface area contributed by atoms with E-state index < -0.39 is 0 Å². The molecule has 1 aliphatic heterocycles. The standard InChI is InChI=1S/C18H34N6O2/c1-4-6-15(8-9-25)11-19-18(20-12-16-7-5-10-26-16)21-13-17-23-22-14(2)24(17)3/h15-16,25H,4-13H2,1-3H3,(H2,19,20,21). The Morgan fingerprint density at radius 3 is 2.85 bits per heavy atom. The summed E-state index contributed by atoms with van der Waals surface area (Å²) >= 11 is 0. The lowest BCUT2D eigenvalue weighted by Crippen LogP contribution is -2.43. The number of aliphatic imine (C=N–C) groups is 1. The fraction of sp³-hybridized carbons (Fsp3) is 0.833. The van der Waals surface area contributed by atoms with Crippen LogP contribution in [0.5, 0.6) is 0 Å². The van der Waals surface area contributed by atoms with Crippen LogP contribution in [-0.4, -0.2) is 58.2 Å². The van der Waals surface area contributed by atoms with Crippen LogP contribution in [0.4, 0.5) is 0 Å². The van der Waals surface area contributed by atoms with Crippen LogP contribution in [0.1, 0.15) is 50.7 Å². The van der Waals surface area contributed by atoms with Crippen molar-refractivity contribution < 1.29 is 9.84 Å². The second-order valence-electron chi connectivity index (χ2n) is 6.95. The Morgan fingerprint density at radius 2 is 2.23 bits per heavy atom. The van der Waals surface area contributed by atoms with E-state index in [0.29, 0.717) is 12.5 Å². The summed E-state index contributed by atoms with van der Waals surface area (Å²) in [4.78, 5) is 4.67. The number of hydrogen-bond acceptors (Lipinski definition) is 5. The number of nitrogens with one attached hydrogen (secondary N) is 2. The predicted molar refractivity (Wildman–Crippen MR) is 102 cm³/mol. The summed E-state index contributed by atoms with van der Waals surface area (Å²) in [6, 6.07) is 0. The Bertz CT molecular complexity index is 548. The van der Waals surface area contributed by atoms with Crippen molar-refractivity contribution in [1.29, 1.82) is 0 Å².